The number of carbonyl (C=O) groups excluding carboxylic acids is 1. The minimum Gasteiger partial charge on any atom is -0.410 e. The van der Waals surface area contributed by atoms with Gasteiger partial charge >= 0.3 is 51.4 Å². The van der Waals surface area contributed by atoms with Gasteiger partial charge in [-0.2, -0.15) is 0 Å². The molecule has 0 spiro atoms. The van der Waals surface area contributed by atoms with Crippen LogP contribution < -0.4 is 62.2 Å². The van der Waals surface area contributed by atoms with Crippen molar-refractivity contribution in [1.82, 2.24) is 10.9 Å². The van der Waals surface area contributed by atoms with Gasteiger partial charge in [0.25, 0.3) is 5.91 Å². The molecule has 0 heterocycles. The van der Waals surface area contributed by atoms with Gasteiger partial charge in [-0.1, -0.05) is 17.7 Å². The molecule has 6 heteroatoms. The Bertz CT molecular complexity index is 354. The first-order chi connectivity index (χ1) is 6.59. The number of benzene rings is 1. The largest absolute Gasteiger partial charge is 1.00 e. The van der Waals surface area contributed by atoms with Crippen molar-refractivity contribution in [3.8, 4) is 0 Å². The molecule has 1 amide bonds. The van der Waals surface area contributed by atoms with Gasteiger partial charge in [0.1, 0.15) is 0 Å². The molecule has 0 aliphatic carbocycles. The first-order valence-electron chi connectivity index (χ1n) is 3.93. The third-order valence-corrected chi connectivity index (χ3v) is 1.80. The molecule has 0 saturated heterocycles. The molecule has 0 aliphatic rings. The van der Waals surface area contributed by atoms with E-state index in [4.69, 9.17) is 0 Å². The van der Waals surface area contributed by atoms with Gasteiger partial charge < -0.3 is 30.3 Å². The van der Waals surface area contributed by atoms with Gasteiger partial charge in [0.05, 0.1) is 0 Å². The predicted molar refractivity (Wildman–Crippen MR) is 61.7 cm³/mol. The number of carbonyl (C=O) groups is 1. The molecule has 1 aromatic carbocycles. The van der Waals surface area contributed by atoms with Crippen molar-refractivity contribution in [2.75, 3.05) is 0 Å². The number of hydrazine groups is 1. The van der Waals surface area contributed by atoms with Gasteiger partial charge in [-0.05, 0) is 23.4 Å². The van der Waals surface area contributed by atoms with Crippen LogP contribution in [0, 0.1) is 6.92 Å². The second-order valence-corrected chi connectivity index (χ2v) is 3.81. The van der Waals surface area contributed by atoms with E-state index in [0.29, 0.717) is 5.56 Å². The summed E-state index contributed by atoms with van der Waals surface area (Å²) in [5, 5.41) is 0. The van der Waals surface area contributed by atoms with Crippen LogP contribution in [0.1, 0.15) is 15.9 Å². The number of thiocarbonyl (C=S) groups is 1. The van der Waals surface area contributed by atoms with Crippen molar-refractivity contribution in [2.45, 2.75) is 6.92 Å². The third kappa shape index (κ3) is 5.91. The Morgan fingerprint density at radius 3 is 2.27 bits per heavy atom. The van der Waals surface area contributed by atoms with Crippen molar-refractivity contribution in [3.63, 3.8) is 0 Å². The van der Waals surface area contributed by atoms with Crippen molar-refractivity contribution >= 4 is 35.1 Å². The molecule has 3 nitrogen and oxygen atoms in total. The Balaban J connectivity index is 0.00000196. The van der Waals surface area contributed by atoms with E-state index in [9.17, 15) is 4.79 Å². The molecule has 1 aromatic rings. The van der Waals surface area contributed by atoms with Gasteiger partial charge in [0.2, 0.25) is 0 Å². The Kier molecular flexibility index (Phi) is 7.89. The summed E-state index contributed by atoms with van der Waals surface area (Å²) in [5.74, 6) is -0.253. The molecule has 74 valence electrons. The zero-order valence-electron chi connectivity index (χ0n) is 8.53. The summed E-state index contributed by atoms with van der Waals surface area (Å²) in [4.78, 5) is 11.4. The molecule has 2 N–H and O–H groups in total. The Hall–Kier alpha value is 0.436. The number of aryl methyl sites for hydroxylation is 1. The van der Waals surface area contributed by atoms with E-state index < -0.39 is 0 Å². The summed E-state index contributed by atoms with van der Waals surface area (Å²) in [6, 6.07) is 7.19. The van der Waals surface area contributed by atoms with Gasteiger partial charge in [-0.25, -0.2) is 0 Å². The van der Waals surface area contributed by atoms with Crippen LogP contribution >= 0.6 is 12.2 Å². The first-order valence-corrected chi connectivity index (χ1v) is 4.75. The number of hydrogen-bond acceptors (Lipinski definition) is 3. The minimum atomic E-state index is -0.253. The summed E-state index contributed by atoms with van der Waals surface area (Å²) in [6.07, 6.45) is 0. The second-order valence-electron chi connectivity index (χ2n) is 2.73. The SMILES string of the molecule is Cc1ccc(C(=O)NNC(=S)[S-])cc1.[K+]. The zero-order chi connectivity index (χ0) is 10.6. The van der Waals surface area contributed by atoms with E-state index in [1.807, 2.05) is 19.1 Å². The maximum Gasteiger partial charge on any atom is 1.00 e. The molecule has 0 unspecified atom stereocenters. The number of rotatable bonds is 1. The predicted octanol–water partition coefficient (Wildman–Crippen LogP) is -1.93. The third-order valence-electron chi connectivity index (χ3n) is 1.59. The molecule has 15 heavy (non-hydrogen) atoms. The molecule has 0 bridgehead atoms. The van der Waals surface area contributed by atoms with E-state index in [0.717, 1.165) is 5.56 Å². The van der Waals surface area contributed by atoms with Crippen molar-refractivity contribution in [2.24, 2.45) is 0 Å². The molecule has 0 fully saturated rings. The quantitative estimate of drug-likeness (QED) is 0.268. The van der Waals surface area contributed by atoms with Gasteiger partial charge in [0.15, 0.2) is 0 Å². The Labute approximate surface area is 142 Å². The van der Waals surface area contributed by atoms with Crippen LogP contribution in [0.5, 0.6) is 0 Å². The van der Waals surface area contributed by atoms with Gasteiger partial charge in [0, 0.05) is 5.56 Å². The fraction of sp³-hybridized carbons (Fsp3) is 0.111. The van der Waals surface area contributed by atoms with E-state index in [-0.39, 0.29) is 61.6 Å². The normalized spacial score (nSPS) is 8.60. The van der Waals surface area contributed by atoms with Crippen LogP contribution in [0.15, 0.2) is 24.3 Å². The van der Waals surface area contributed by atoms with E-state index >= 15 is 0 Å². The zero-order valence-corrected chi connectivity index (χ0v) is 13.3. The Morgan fingerprint density at radius 2 is 1.80 bits per heavy atom. The molecular formula is C9H9KN2OS2. The molecule has 0 atom stereocenters. The van der Waals surface area contributed by atoms with Crippen molar-refractivity contribution < 1.29 is 56.2 Å². The van der Waals surface area contributed by atoms with Crippen LogP contribution in [0.2, 0.25) is 0 Å². The summed E-state index contributed by atoms with van der Waals surface area (Å²) in [5.41, 5.74) is 6.46. The minimum absolute atomic E-state index is 0. The molecule has 0 aromatic heterocycles. The van der Waals surface area contributed by atoms with E-state index in [2.05, 4.69) is 35.7 Å². The summed E-state index contributed by atoms with van der Waals surface area (Å²) < 4.78 is 0.116. The number of nitrogens with one attached hydrogen (secondary N) is 2. The van der Waals surface area contributed by atoms with Crippen molar-refractivity contribution in [3.05, 3.63) is 35.4 Å². The summed E-state index contributed by atoms with van der Waals surface area (Å²) in [7, 11) is 0. The maximum atomic E-state index is 11.4. The smallest absolute Gasteiger partial charge is 0.410 e. The Morgan fingerprint density at radius 1 is 1.27 bits per heavy atom. The van der Waals surface area contributed by atoms with E-state index in [1.54, 1.807) is 12.1 Å². The molecular weight excluding hydrogens is 255 g/mol. The summed E-state index contributed by atoms with van der Waals surface area (Å²) in [6.45, 7) is 1.96. The fourth-order valence-corrected chi connectivity index (χ4v) is 0.987. The van der Waals surface area contributed by atoms with Crippen LogP contribution in [0.25, 0.3) is 0 Å². The van der Waals surface area contributed by atoms with Crippen LogP contribution in [-0.2, 0) is 12.6 Å². The molecule has 0 radical (unpaired) electrons. The van der Waals surface area contributed by atoms with Crippen LogP contribution in [0.3, 0.4) is 0 Å². The average Bonchev–Trinajstić information content (AvgIpc) is 2.15. The average molecular weight is 264 g/mol. The van der Waals surface area contributed by atoms with Crippen molar-refractivity contribution in [1.29, 1.82) is 0 Å². The van der Waals surface area contributed by atoms with Crippen LogP contribution in [-0.4, -0.2) is 10.2 Å². The van der Waals surface area contributed by atoms with Gasteiger partial charge in [-0.15, -0.1) is 0 Å². The second kappa shape index (κ2) is 7.67. The first kappa shape index (κ1) is 15.4. The topological polar surface area (TPSA) is 41.1 Å². The molecule has 0 saturated carbocycles. The standard InChI is InChI=1S/C9H10N2OS2.K/c1-6-2-4-7(5-3-6)8(12)10-11-9(13)14;/h2-5H,1H3,(H,10,12)(H2,11,13,14);/q;+1/p-1. The fourth-order valence-electron chi connectivity index (χ4n) is 0.885. The number of hydrogen-bond donors (Lipinski definition) is 2. The van der Waals surface area contributed by atoms with Crippen LogP contribution in [0.4, 0.5) is 0 Å². The molecule has 0 aliphatic heterocycles. The monoisotopic (exact) mass is 264 g/mol. The molecule has 1 rings (SSSR count). The maximum absolute atomic E-state index is 11.4. The summed E-state index contributed by atoms with van der Waals surface area (Å²) >= 11 is 9.15. The van der Waals surface area contributed by atoms with Gasteiger partial charge in [-0.3, -0.25) is 10.2 Å². The van der Waals surface area contributed by atoms with E-state index in [1.165, 1.54) is 0 Å². The number of amides is 1.